The molecule has 0 aliphatic rings. The second-order valence-corrected chi connectivity index (χ2v) is 9.57. The molecule has 0 aliphatic heterocycles. The first-order valence-corrected chi connectivity index (χ1v) is 13.5. The minimum absolute atomic E-state index is 0.208. The lowest BCUT2D eigenvalue weighted by Crippen LogP contribution is -2.49. The van der Waals surface area contributed by atoms with Crippen molar-refractivity contribution < 1.29 is 19.5 Å². The number of nitrogens with one attached hydrogen (secondary N) is 3. The van der Waals surface area contributed by atoms with Crippen LogP contribution in [-0.2, 0) is 20.8 Å². The maximum Gasteiger partial charge on any atom is 0.305 e. The molecule has 0 fully saturated rings. The molecule has 9 nitrogen and oxygen atoms in total. The standard InChI is InChI=1S/C32H33N5O4/c38-30(10-6-18-35-29-9-4-5-17-34-29)36-28(21-23-15-19-33-20-16-23)32(41)37-27(22-31(39)40)26-13-11-25(12-14-26)24-7-2-1-3-8-24/h1-5,7-9,11-17,19-20,27-28H,6,10,18,21-22H2,(H,34,35)(H,36,38)(H,37,41)(H,39,40)/t27?,28-/m1/s1. The van der Waals surface area contributed by atoms with Crippen LogP contribution in [0.25, 0.3) is 11.1 Å². The van der Waals surface area contributed by atoms with Crippen LogP contribution in [0.1, 0.15) is 36.4 Å². The van der Waals surface area contributed by atoms with E-state index in [0.29, 0.717) is 18.5 Å². The molecule has 2 amide bonds. The average Bonchev–Trinajstić information content (AvgIpc) is 3.00. The van der Waals surface area contributed by atoms with Gasteiger partial charge < -0.3 is 21.1 Å². The number of benzene rings is 2. The van der Waals surface area contributed by atoms with E-state index in [1.807, 2.05) is 72.8 Å². The summed E-state index contributed by atoms with van der Waals surface area (Å²) in [6.07, 6.45) is 5.62. The van der Waals surface area contributed by atoms with Gasteiger partial charge in [0.1, 0.15) is 11.9 Å². The number of anilines is 1. The van der Waals surface area contributed by atoms with Crippen molar-refractivity contribution in [3.05, 3.63) is 115 Å². The Morgan fingerprint density at radius 1 is 0.780 bits per heavy atom. The fourth-order valence-corrected chi connectivity index (χ4v) is 4.40. The van der Waals surface area contributed by atoms with Gasteiger partial charge in [-0.25, -0.2) is 4.98 Å². The van der Waals surface area contributed by atoms with Gasteiger partial charge in [0, 0.05) is 38.0 Å². The fourth-order valence-electron chi connectivity index (χ4n) is 4.40. The lowest BCUT2D eigenvalue weighted by Gasteiger charge is -2.23. The first kappa shape index (κ1) is 28.9. The molecule has 9 heteroatoms. The highest BCUT2D eigenvalue weighted by atomic mass is 16.4. The van der Waals surface area contributed by atoms with Crippen molar-refractivity contribution in [2.24, 2.45) is 0 Å². The molecule has 2 aromatic heterocycles. The van der Waals surface area contributed by atoms with E-state index in [2.05, 4.69) is 25.9 Å². The van der Waals surface area contributed by atoms with Crippen LogP contribution in [0.15, 0.2) is 104 Å². The molecule has 41 heavy (non-hydrogen) atoms. The van der Waals surface area contributed by atoms with Gasteiger partial charge in [0.2, 0.25) is 11.8 Å². The Balaban J connectivity index is 1.42. The maximum atomic E-state index is 13.5. The van der Waals surface area contributed by atoms with Crippen molar-refractivity contribution in [2.75, 3.05) is 11.9 Å². The van der Waals surface area contributed by atoms with Crippen molar-refractivity contribution in [3.63, 3.8) is 0 Å². The van der Waals surface area contributed by atoms with Crippen LogP contribution in [0.5, 0.6) is 0 Å². The van der Waals surface area contributed by atoms with Gasteiger partial charge in [-0.05, 0) is 52.9 Å². The molecule has 0 bridgehead atoms. The first-order valence-electron chi connectivity index (χ1n) is 13.5. The highest BCUT2D eigenvalue weighted by molar-refractivity contribution is 5.88. The minimum Gasteiger partial charge on any atom is -0.481 e. The van der Waals surface area contributed by atoms with Gasteiger partial charge in [-0.2, -0.15) is 0 Å². The normalized spacial score (nSPS) is 12.1. The molecule has 2 heterocycles. The number of hydrogen-bond donors (Lipinski definition) is 4. The molecular weight excluding hydrogens is 518 g/mol. The number of pyridine rings is 2. The third-order valence-electron chi connectivity index (χ3n) is 6.51. The topological polar surface area (TPSA) is 133 Å². The fraction of sp³-hybridized carbons (Fsp3) is 0.219. The van der Waals surface area contributed by atoms with Crippen LogP contribution in [0, 0.1) is 0 Å². The van der Waals surface area contributed by atoms with E-state index in [4.69, 9.17) is 0 Å². The highest BCUT2D eigenvalue weighted by Gasteiger charge is 2.26. The maximum absolute atomic E-state index is 13.5. The number of nitrogens with zero attached hydrogens (tertiary/aromatic N) is 2. The Morgan fingerprint density at radius 3 is 2.17 bits per heavy atom. The van der Waals surface area contributed by atoms with E-state index < -0.39 is 24.0 Å². The Kier molecular flexibility index (Phi) is 10.5. The van der Waals surface area contributed by atoms with Gasteiger partial charge in [0.15, 0.2) is 0 Å². The second-order valence-electron chi connectivity index (χ2n) is 9.57. The van der Waals surface area contributed by atoms with Gasteiger partial charge in [-0.1, -0.05) is 60.7 Å². The van der Waals surface area contributed by atoms with Crippen LogP contribution >= 0.6 is 0 Å². The van der Waals surface area contributed by atoms with Crippen molar-refractivity contribution >= 4 is 23.6 Å². The third-order valence-corrected chi connectivity index (χ3v) is 6.51. The number of rotatable bonds is 14. The Bertz CT molecular complexity index is 1400. The molecule has 2 atom stereocenters. The molecule has 210 valence electrons. The van der Waals surface area contributed by atoms with Gasteiger partial charge in [0.25, 0.3) is 0 Å². The van der Waals surface area contributed by atoms with Crippen LogP contribution in [0.3, 0.4) is 0 Å². The minimum atomic E-state index is -1.04. The largest absolute Gasteiger partial charge is 0.481 e. The van der Waals surface area contributed by atoms with E-state index in [9.17, 15) is 19.5 Å². The summed E-state index contributed by atoms with van der Waals surface area (Å²) in [5.74, 6) is -1.05. The van der Waals surface area contributed by atoms with Gasteiger partial charge in [-0.15, -0.1) is 0 Å². The van der Waals surface area contributed by atoms with Gasteiger partial charge >= 0.3 is 5.97 Å². The third kappa shape index (κ3) is 9.28. The van der Waals surface area contributed by atoms with E-state index in [-0.39, 0.29) is 25.2 Å². The molecular formula is C32H33N5O4. The molecule has 0 aliphatic carbocycles. The van der Waals surface area contributed by atoms with Crippen molar-refractivity contribution in [1.29, 1.82) is 0 Å². The number of aromatic nitrogens is 2. The second kappa shape index (κ2) is 14.9. The molecule has 0 saturated carbocycles. The average molecular weight is 552 g/mol. The summed E-state index contributed by atoms with van der Waals surface area (Å²) < 4.78 is 0. The van der Waals surface area contributed by atoms with E-state index in [1.54, 1.807) is 30.7 Å². The monoisotopic (exact) mass is 551 g/mol. The number of carbonyl (C=O) groups is 3. The van der Waals surface area contributed by atoms with Gasteiger partial charge in [0.05, 0.1) is 12.5 Å². The smallest absolute Gasteiger partial charge is 0.305 e. The van der Waals surface area contributed by atoms with Crippen molar-refractivity contribution in [2.45, 2.75) is 37.8 Å². The number of hydrogen-bond acceptors (Lipinski definition) is 6. The summed E-state index contributed by atoms with van der Waals surface area (Å²) in [4.78, 5) is 46.2. The summed E-state index contributed by atoms with van der Waals surface area (Å²) in [6, 6.07) is 24.7. The Morgan fingerprint density at radius 2 is 1.49 bits per heavy atom. The molecule has 0 saturated heterocycles. The number of carbonyl (C=O) groups excluding carboxylic acids is 2. The lowest BCUT2D eigenvalue weighted by molar-refractivity contribution is -0.138. The van der Waals surface area contributed by atoms with Crippen LogP contribution in [0.4, 0.5) is 5.82 Å². The van der Waals surface area contributed by atoms with E-state index >= 15 is 0 Å². The van der Waals surface area contributed by atoms with Crippen LogP contribution in [0.2, 0.25) is 0 Å². The van der Waals surface area contributed by atoms with Crippen LogP contribution in [-0.4, -0.2) is 45.4 Å². The van der Waals surface area contributed by atoms with Crippen molar-refractivity contribution in [3.8, 4) is 11.1 Å². The van der Waals surface area contributed by atoms with Gasteiger partial charge in [-0.3, -0.25) is 19.4 Å². The predicted octanol–water partition coefficient (Wildman–Crippen LogP) is 4.40. The van der Waals surface area contributed by atoms with E-state index in [1.165, 1.54) is 0 Å². The summed E-state index contributed by atoms with van der Waals surface area (Å²) in [5.41, 5.74) is 3.50. The predicted molar refractivity (Wildman–Crippen MR) is 157 cm³/mol. The SMILES string of the molecule is O=C(O)CC(NC(=O)[C@@H](Cc1ccncc1)NC(=O)CCCNc1ccccn1)c1ccc(-c2ccccc2)cc1. The molecule has 1 unspecified atom stereocenters. The zero-order valence-corrected chi connectivity index (χ0v) is 22.6. The summed E-state index contributed by atoms with van der Waals surface area (Å²) in [7, 11) is 0. The summed E-state index contributed by atoms with van der Waals surface area (Å²) >= 11 is 0. The molecule has 4 rings (SSSR count). The Labute approximate surface area is 239 Å². The zero-order chi connectivity index (χ0) is 28.9. The number of carboxylic acid groups (broad SMARTS) is 1. The molecule has 2 aromatic carbocycles. The quantitative estimate of drug-likeness (QED) is 0.171. The molecule has 0 radical (unpaired) electrons. The lowest BCUT2D eigenvalue weighted by atomic mass is 9.98. The van der Waals surface area contributed by atoms with E-state index in [0.717, 1.165) is 22.5 Å². The Hall–Kier alpha value is -5.05. The molecule has 4 aromatic rings. The summed E-state index contributed by atoms with van der Waals surface area (Å²) in [6.45, 7) is 0.547. The zero-order valence-electron chi connectivity index (χ0n) is 22.6. The number of amides is 2. The number of aliphatic carboxylic acids is 1. The summed E-state index contributed by atoms with van der Waals surface area (Å²) in [5, 5.41) is 18.4. The molecule has 4 N–H and O–H groups in total. The molecule has 0 spiro atoms. The van der Waals surface area contributed by atoms with Crippen molar-refractivity contribution in [1.82, 2.24) is 20.6 Å². The van der Waals surface area contributed by atoms with Crippen LogP contribution < -0.4 is 16.0 Å². The number of carboxylic acids is 1. The highest BCUT2D eigenvalue weighted by Crippen LogP contribution is 2.24. The first-order chi connectivity index (χ1) is 20.0.